The van der Waals surface area contributed by atoms with Crippen LogP contribution in [0.5, 0.6) is 0 Å². The monoisotopic (exact) mass is 349 g/mol. The fraction of sp³-hybridized carbons (Fsp3) is 0.211. The summed E-state index contributed by atoms with van der Waals surface area (Å²) in [6.07, 6.45) is 3.97. The number of hydrogen-bond donors (Lipinski definition) is 2. The quantitative estimate of drug-likeness (QED) is 0.731. The first-order valence-electron chi connectivity index (χ1n) is 8.58. The largest absolute Gasteiger partial charge is 0.459 e. The Bertz CT molecular complexity index is 854. The van der Waals surface area contributed by atoms with Gasteiger partial charge in [0.1, 0.15) is 0 Å². The molecule has 132 valence electrons. The Kier molecular flexibility index (Phi) is 4.51. The van der Waals surface area contributed by atoms with Gasteiger partial charge in [-0.25, -0.2) is 0 Å². The number of anilines is 4. The van der Waals surface area contributed by atoms with Crippen LogP contribution in [0.1, 0.15) is 23.4 Å². The second-order valence-corrected chi connectivity index (χ2v) is 6.10. The van der Waals surface area contributed by atoms with Gasteiger partial charge in [0.25, 0.3) is 5.91 Å². The zero-order chi connectivity index (χ0) is 17.8. The summed E-state index contributed by atoms with van der Waals surface area (Å²) in [5, 5.41) is 13.9. The van der Waals surface area contributed by atoms with Crippen molar-refractivity contribution < 1.29 is 9.21 Å². The number of amides is 1. The summed E-state index contributed by atoms with van der Waals surface area (Å²) in [6.45, 7) is 2.26. The minimum Gasteiger partial charge on any atom is -0.459 e. The van der Waals surface area contributed by atoms with Crippen LogP contribution in [-0.4, -0.2) is 29.2 Å². The summed E-state index contributed by atoms with van der Waals surface area (Å²) in [5.74, 6) is 0.839. The predicted octanol–water partition coefficient (Wildman–Crippen LogP) is 3.67. The number of nitrogens with one attached hydrogen (secondary N) is 2. The van der Waals surface area contributed by atoms with Crippen molar-refractivity contribution in [2.24, 2.45) is 0 Å². The fourth-order valence-electron chi connectivity index (χ4n) is 2.93. The molecule has 0 bridgehead atoms. The van der Waals surface area contributed by atoms with Crippen LogP contribution in [-0.2, 0) is 0 Å². The van der Waals surface area contributed by atoms with Crippen LogP contribution in [0.3, 0.4) is 0 Å². The number of benzene rings is 1. The summed E-state index contributed by atoms with van der Waals surface area (Å²) in [7, 11) is 0. The zero-order valence-electron chi connectivity index (χ0n) is 14.2. The normalized spacial score (nSPS) is 13.6. The van der Waals surface area contributed by atoms with Crippen LogP contribution in [0.2, 0.25) is 0 Å². The third-order valence-corrected chi connectivity index (χ3v) is 4.26. The third-order valence-electron chi connectivity index (χ3n) is 4.26. The number of aromatic nitrogens is 2. The summed E-state index contributed by atoms with van der Waals surface area (Å²) in [4.78, 5) is 14.3. The number of nitrogens with zero attached hydrogens (tertiary/aromatic N) is 3. The molecule has 2 aromatic heterocycles. The lowest BCUT2D eigenvalue weighted by atomic mass is 10.2. The summed E-state index contributed by atoms with van der Waals surface area (Å²) in [5.41, 5.74) is 2.18. The number of furan rings is 1. The predicted molar refractivity (Wildman–Crippen MR) is 99.9 cm³/mol. The van der Waals surface area contributed by atoms with Crippen molar-refractivity contribution in [2.45, 2.75) is 12.8 Å². The molecule has 4 rings (SSSR count). The van der Waals surface area contributed by atoms with Gasteiger partial charge in [0.05, 0.1) is 6.26 Å². The van der Waals surface area contributed by atoms with Crippen molar-refractivity contribution in [3.63, 3.8) is 0 Å². The highest BCUT2D eigenvalue weighted by Gasteiger charge is 2.12. The minimum absolute atomic E-state index is 0.229. The average molecular weight is 349 g/mol. The Morgan fingerprint density at radius 2 is 1.69 bits per heavy atom. The number of carbonyl (C=O) groups excluding carboxylic acids is 1. The molecule has 3 heterocycles. The van der Waals surface area contributed by atoms with E-state index < -0.39 is 0 Å². The smallest absolute Gasteiger partial charge is 0.292 e. The van der Waals surface area contributed by atoms with E-state index in [4.69, 9.17) is 4.42 Å². The fourth-order valence-corrected chi connectivity index (χ4v) is 2.93. The number of carbonyl (C=O) groups is 1. The van der Waals surface area contributed by atoms with Crippen molar-refractivity contribution in [2.75, 3.05) is 28.6 Å². The van der Waals surface area contributed by atoms with Crippen molar-refractivity contribution in [1.29, 1.82) is 0 Å². The molecule has 1 aromatic carbocycles. The molecule has 0 spiro atoms. The first-order chi connectivity index (χ1) is 12.8. The van der Waals surface area contributed by atoms with E-state index in [9.17, 15) is 4.79 Å². The molecule has 3 aromatic rings. The molecule has 0 unspecified atom stereocenters. The molecule has 1 saturated heterocycles. The van der Waals surface area contributed by atoms with Gasteiger partial charge in [-0.2, -0.15) is 0 Å². The Morgan fingerprint density at radius 3 is 2.35 bits per heavy atom. The zero-order valence-corrected chi connectivity index (χ0v) is 14.2. The van der Waals surface area contributed by atoms with E-state index >= 15 is 0 Å². The second-order valence-electron chi connectivity index (χ2n) is 6.10. The first kappa shape index (κ1) is 16.1. The van der Waals surface area contributed by atoms with Crippen molar-refractivity contribution in [1.82, 2.24) is 10.2 Å². The van der Waals surface area contributed by atoms with Crippen molar-refractivity contribution in [3.05, 3.63) is 60.6 Å². The first-order valence-corrected chi connectivity index (χ1v) is 8.58. The highest BCUT2D eigenvalue weighted by atomic mass is 16.3. The molecular weight excluding hydrogens is 330 g/mol. The van der Waals surface area contributed by atoms with Crippen LogP contribution in [0.25, 0.3) is 0 Å². The van der Waals surface area contributed by atoms with Gasteiger partial charge in [-0.1, -0.05) is 0 Å². The topological polar surface area (TPSA) is 83.3 Å². The lowest BCUT2D eigenvalue weighted by Crippen LogP contribution is -2.17. The van der Waals surface area contributed by atoms with Gasteiger partial charge >= 0.3 is 0 Å². The van der Waals surface area contributed by atoms with E-state index in [2.05, 4.69) is 37.9 Å². The average Bonchev–Trinajstić information content (AvgIpc) is 3.38. The molecule has 1 aliphatic rings. The molecule has 1 aliphatic heterocycles. The Morgan fingerprint density at radius 1 is 0.962 bits per heavy atom. The lowest BCUT2D eigenvalue weighted by molar-refractivity contribution is 0.0996. The highest BCUT2D eigenvalue weighted by molar-refractivity contribution is 6.01. The van der Waals surface area contributed by atoms with Gasteiger partial charge in [-0.15, -0.1) is 10.2 Å². The maximum absolute atomic E-state index is 11.9. The van der Waals surface area contributed by atoms with Crippen molar-refractivity contribution >= 4 is 28.9 Å². The maximum Gasteiger partial charge on any atom is 0.292 e. The molecule has 1 fully saturated rings. The molecule has 1 amide bonds. The van der Waals surface area contributed by atoms with Crippen molar-refractivity contribution in [3.8, 4) is 0 Å². The van der Waals surface area contributed by atoms with Crippen LogP contribution in [0, 0.1) is 0 Å². The molecule has 0 radical (unpaired) electrons. The van der Waals surface area contributed by atoms with Gasteiger partial charge in [0, 0.05) is 24.5 Å². The molecule has 7 heteroatoms. The van der Waals surface area contributed by atoms with Gasteiger partial charge in [0.2, 0.25) is 0 Å². The molecule has 0 atom stereocenters. The second kappa shape index (κ2) is 7.26. The van der Waals surface area contributed by atoms with Crippen LogP contribution >= 0.6 is 0 Å². The maximum atomic E-state index is 11.9. The Balaban J connectivity index is 1.37. The molecule has 2 N–H and O–H groups in total. The Hall–Kier alpha value is -3.35. The van der Waals surface area contributed by atoms with E-state index in [0.29, 0.717) is 11.6 Å². The standard InChI is InChI=1S/C19H19N5O2/c25-19(16-4-3-13-26-16)21-18-10-9-17(22-23-18)20-14-5-7-15(8-6-14)24-11-1-2-12-24/h3-10,13H,1-2,11-12H2,(H,20,22)(H,21,23,25). The van der Waals surface area contributed by atoms with E-state index in [1.54, 1.807) is 24.3 Å². The van der Waals surface area contributed by atoms with Crippen LogP contribution < -0.4 is 15.5 Å². The third kappa shape index (κ3) is 3.66. The molecular formula is C19H19N5O2. The molecule has 0 aliphatic carbocycles. The molecule has 26 heavy (non-hydrogen) atoms. The van der Waals surface area contributed by atoms with Crippen LogP contribution in [0.15, 0.2) is 59.2 Å². The molecule has 0 saturated carbocycles. The SMILES string of the molecule is O=C(Nc1ccc(Nc2ccc(N3CCCC3)cc2)nn1)c1ccco1. The van der Waals surface area contributed by atoms with Gasteiger partial charge in [-0.05, 0) is 61.4 Å². The van der Waals surface area contributed by atoms with E-state index in [-0.39, 0.29) is 11.7 Å². The number of rotatable bonds is 5. The highest BCUT2D eigenvalue weighted by Crippen LogP contribution is 2.23. The van der Waals surface area contributed by atoms with Crippen LogP contribution in [0.4, 0.5) is 23.0 Å². The summed E-state index contributed by atoms with van der Waals surface area (Å²) >= 11 is 0. The number of hydrogen-bond acceptors (Lipinski definition) is 6. The molecule has 7 nitrogen and oxygen atoms in total. The van der Waals surface area contributed by atoms with Gasteiger partial charge in [-0.3, -0.25) is 4.79 Å². The lowest BCUT2D eigenvalue weighted by Gasteiger charge is -2.17. The van der Waals surface area contributed by atoms with Gasteiger partial charge in [0.15, 0.2) is 17.4 Å². The van der Waals surface area contributed by atoms with E-state index in [1.807, 2.05) is 12.1 Å². The van der Waals surface area contributed by atoms with E-state index in [1.165, 1.54) is 24.8 Å². The summed E-state index contributed by atoms with van der Waals surface area (Å²) < 4.78 is 5.04. The summed E-state index contributed by atoms with van der Waals surface area (Å²) in [6, 6.07) is 15.0. The minimum atomic E-state index is -0.359. The van der Waals surface area contributed by atoms with Gasteiger partial charge < -0.3 is 20.0 Å². The van der Waals surface area contributed by atoms with E-state index in [0.717, 1.165) is 18.8 Å². The Labute approximate surface area is 151 Å².